The van der Waals surface area contributed by atoms with Crippen molar-refractivity contribution in [2.75, 3.05) is 13.1 Å². The van der Waals surface area contributed by atoms with Gasteiger partial charge in [-0.15, -0.1) is 0 Å². The van der Waals surface area contributed by atoms with Crippen molar-refractivity contribution in [3.8, 4) is 0 Å². The maximum atomic E-state index is 11.7. The highest BCUT2D eigenvalue weighted by molar-refractivity contribution is 9.10. The summed E-state index contributed by atoms with van der Waals surface area (Å²) in [5.41, 5.74) is 0. The minimum Gasteiger partial charge on any atom is -0.355 e. The lowest BCUT2D eigenvalue weighted by Gasteiger charge is -2.07. The Hall–Kier alpha value is -0.920. The van der Waals surface area contributed by atoms with Crippen molar-refractivity contribution >= 4 is 31.9 Å². The molecule has 1 rings (SSSR count). The van der Waals surface area contributed by atoms with Crippen LogP contribution >= 0.6 is 15.9 Å². The summed E-state index contributed by atoms with van der Waals surface area (Å²) in [7, 11) is -3.50. The maximum absolute atomic E-state index is 11.7. The smallest absolute Gasteiger partial charge is 0.240 e. The van der Waals surface area contributed by atoms with Gasteiger partial charge in [-0.25, -0.2) is 13.1 Å². The van der Waals surface area contributed by atoms with Crippen LogP contribution in [-0.4, -0.2) is 27.4 Å². The molecule has 0 atom stereocenters. The number of sulfonamides is 1. The van der Waals surface area contributed by atoms with Gasteiger partial charge in [0.1, 0.15) is 0 Å². The van der Waals surface area contributed by atoms with Crippen LogP contribution in [0.3, 0.4) is 0 Å². The van der Waals surface area contributed by atoms with E-state index in [-0.39, 0.29) is 23.9 Å². The lowest BCUT2D eigenvalue weighted by Crippen LogP contribution is -2.33. The van der Waals surface area contributed by atoms with E-state index in [1.54, 1.807) is 12.1 Å². The van der Waals surface area contributed by atoms with E-state index in [0.717, 1.165) is 4.47 Å². The average molecular weight is 321 g/mol. The van der Waals surface area contributed by atoms with Crippen LogP contribution in [0.2, 0.25) is 0 Å². The Balaban J connectivity index is 2.57. The molecule has 0 aliphatic carbocycles. The Bertz CT molecular complexity index is 485. The summed E-state index contributed by atoms with van der Waals surface area (Å²) in [6, 6.07) is 6.32. The second-order valence-electron chi connectivity index (χ2n) is 3.33. The van der Waals surface area contributed by atoms with Crippen LogP contribution in [0.25, 0.3) is 0 Å². The molecule has 1 amide bonds. The summed E-state index contributed by atoms with van der Waals surface area (Å²) < 4.78 is 26.7. The number of halogens is 1. The summed E-state index contributed by atoms with van der Waals surface area (Å²) in [5, 5.41) is 2.51. The van der Waals surface area contributed by atoms with Crippen LogP contribution in [0.4, 0.5) is 0 Å². The zero-order chi connectivity index (χ0) is 12.9. The van der Waals surface area contributed by atoms with E-state index in [2.05, 4.69) is 26.0 Å². The first-order valence-electron chi connectivity index (χ1n) is 4.91. The zero-order valence-corrected chi connectivity index (χ0v) is 11.6. The van der Waals surface area contributed by atoms with Crippen molar-refractivity contribution in [2.45, 2.75) is 11.8 Å². The molecule has 1 aromatic carbocycles. The number of carbonyl (C=O) groups is 1. The van der Waals surface area contributed by atoms with Crippen LogP contribution in [0.15, 0.2) is 33.6 Å². The second kappa shape index (κ2) is 6.13. The Morgan fingerprint density at radius 2 is 1.82 bits per heavy atom. The molecular formula is C10H13BrN2O3S. The van der Waals surface area contributed by atoms with Gasteiger partial charge in [-0.05, 0) is 24.3 Å². The van der Waals surface area contributed by atoms with Gasteiger partial charge in [0, 0.05) is 24.5 Å². The summed E-state index contributed by atoms with van der Waals surface area (Å²) in [5.74, 6) is -0.187. The van der Waals surface area contributed by atoms with Gasteiger partial charge in [-0.2, -0.15) is 0 Å². The van der Waals surface area contributed by atoms with E-state index in [1.807, 2.05) is 0 Å². The zero-order valence-electron chi connectivity index (χ0n) is 9.23. The minimum atomic E-state index is -3.50. The molecule has 0 aliphatic heterocycles. The molecule has 0 radical (unpaired) electrons. The Kier molecular flexibility index (Phi) is 5.10. The fraction of sp³-hybridized carbons (Fsp3) is 0.300. The Labute approximate surface area is 109 Å². The van der Waals surface area contributed by atoms with Crippen LogP contribution < -0.4 is 10.0 Å². The molecule has 0 aromatic heterocycles. The fourth-order valence-corrected chi connectivity index (χ4v) is 2.42. The summed E-state index contributed by atoms with van der Waals surface area (Å²) >= 11 is 3.23. The summed E-state index contributed by atoms with van der Waals surface area (Å²) in [4.78, 5) is 10.8. The van der Waals surface area contributed by atoms with E-state index >= 15 is 0 Å². The molecule has 94 valence electrons. The number of benzene rings is 1. The quantitative estimate of drug-likeness (QED) is 0.790. The topological polar surface area (TPSA) is 75.3 Å². The molecule has 0 saturated heterocycles. The molecule has 0 fully saturated rings. The molecule has 17 heavy (non-hydrogen) atoms. The van der Waals surface area contributed by atoms with Crippen LogP contribution in [0, 0.1) is 0 Å². The number of carbonyl (C=O) groups excluding carboxylic acids is 1. The van der Waals surface area contributed by atoms with E-state index in [9.17, 15) is 13.2 Å². The molecule has 0 aliphatic rings. The van der Waals surface area contributed by atoms with Crippen molar-refractivity contribution in [2.24, 2.45) is 0 Å². The van der Waals surface area contributed by atoms with Gasteiger partial charge in [-0.1, -0.05) is 15.9 Å². The first-order chi connectivity index (χ1) is 7.92. The molecule has 5 nitrogen and oxygen atoms in total. The van der Waals surface area contributed by atoms with Crippen molar-refractivity contribution < 1.29 is 13.2 Å². The highest BCUT2D eigenvalue weighted by Crippen LogP contribution is 2.14. The SMILES string of the molecule is CC(=O)NCCNS(=O)(=O)c1ccc(Br)cc1. The molecule has 0 spiro atoms. The van der Waals surface area contributed by atoms with Gasteiger partial charge in [0.15, 0.2) is 0 Å². The molecule has 0 saturated carbocycles. The molecule has 1 aromatic rings. The first-order valence-corrected chi connectivity index (χ1v) is 7.19. The molecular weight excluding hydrogens is 308 g/mol. The van der Waals surface area contributed by atoms with Gasteiger partial charge in [-0.3, -0.25) is 4.79 Å². The number of nitrogens with one attached hydrogen (secondary N) is 2. The molecule has 0 bridgehead atoms. The number of hydrogen-bond donors (Lipinski definition) is 2. The van der Waals surface area contributed by atoms with E-state index in [4.69, 9.17) is 0 Å². The van der Waals surface area contributed by atoms with Crippen LogP contribution in [0.1, 0.15) is 6.92 Å². The van der Waals surface area contributed by atoms with Gasteiger partial charge in [0.05, 0.1) is 4.90 Å². The predicted molar refractivity (Wildman–Crippen MR) is 68.0 cm³/mol. The monoisotopic (exact) mass is 320 g/mol. The number of hydrogen-bond acceptors (Lipinski definition) is 3. The summed E-state index contributed by atoms with van der Waals surface area (Å²) in [6.07, 6.45) is 0. The third-order valence-corrected chi connectivity index (χ3v) is 3.92. The Morgan fingerprint density at radius 1 is 1.24 bits per heavy atom. The number of amides is 1. The predicted octanol–water partition coefficient (Wildman–Crippen LogP) is 0.864. The highest BCUT2D eigenvalue weighted by atomic mass is 79.9. The lowest BCUT2D eigenvalue weighted by atomic mass is 10.4. The second-order valence-corrected chi connectivity index (χ2v) is 6.02. The third kappa shape index (κ3) is 4.84. The molecule has 2 N–H and O–H groups in total. The van der Waals surface area contributed by atoms with Crippen LogP contribution in [0.5, 0.6) is 0 Å². The summed E-state index contributed by atoms with van der Waals surface area (Å²) in [6.45, 7) is 1.81. The first kappa shape index (κ1) is 14.1. The Morgan fingerprint density at radius 3 is 2.35 bits per heavy atom. The lowest BCUT2D eigenvalue weighted by molar-refractivity contribution is -0.118. The van der Waals surface area contributed by atoms with Crippen molar-refractivity contribution in [1.82, 2.24) is 10.0 Å². The van der Waals surface area contributed by atoms with Gasteiger partial charge in [0.2, 0.25) is 15.9 Å². The van der Waals surface area contributed by atoms with E-state index in [1.165, 1.54) is 19.1 Å². The van der Waals surface area contributed by atoms with Crippen molar-refractivity contribution in [3.05, 3.63) is 28.7 Å². The van der Waals surface area contributed by atoms with E-state index in [0.29, 0.717) is 0 Å². The largest absolute Gasteiger partial charge is 0.355 e. The van der Waals surface area contributed by atoms with Gasteiger partial charge in [0.25, 0.3) is 0 Å². The highest BCUT2D eigenvalue weighted by Gasteiger charge is 2.12. The third-order valence-electron chi connectivity index (χ3n) is 1.91. The standard InChI is InChI=1S/C10H13BrN2O3S/c1-8(14)12-6-7-13-17(15,16)10-4-2-9(11)3-5-10/h2-5,13H,6-7H2,1H3,(H,12,14). The normalized spacial score (nSPS) is 11.2. The maximum Gasteiger partial charge on any atom is 0.240 e. The van der Waals surface area contributed by atoms with Crippen molar-refractivity contribution in [3.63, 3.8) is 0 Å². The van der Waals surface area contributed by atoms with Crippen LogP contribution in [-0.2, 0) is 14.8 Å². The molecule has 0 heterocycles. The molecule has 7 heteroatoms. The molecule has 0 unspecified atom stereocenters. The van der Waals surface area contributed by atoms with Gasteiger partial charge >= 0.3 is 0 Å². The van der Waals surface area contributed by atoms with Crippen molar-refractivity contribution in [1.29, 1.82) is 0 Å². The average Bonchev–Trinajstić information content (AvgIpc) is 2.25. The minimum absolute atomic E-state index is 0.165. The number of rotatable bonds is 5. The van der Waals surface area contributed by atoms with Gasteiger partial charge < -0.3 is 5.32 Å². The van der Waals surface area contributed by atoms with E-state index < -0.39 is 10.0 Å². The fourth-order valence-electron chi connectivity index (χ4n) is 1.12.